The number of rotatable bonds is 5. The summed E-state index contributed by atoms with van der Waals surface area (Å²) in [5.74, 6) is -0.0513. The van der Waals surface area contributed by atoms with Crippen LogP contribution in [0.2, 0.25) is 0 Å². The lowest BCUT2D eigenvalue weighted by molar-refractivity contribution is -0.152. The lowest BCUT2D eigenvalue weighted by Crippen LogP contribution is -2.38. The van der Waals surface area contributed by atoms with Gasteiger partial charge < -0.3 is 14.4 Å². The van der Waals surface area contributed by atoms with Crippen LogP contribution >= 0.6 is 0 Å². The summed E-state index contributed by atoms with van der Waals surface area (Å²) in [4.78, 5) is 25.6. The Morgan fingerprint density at radius 3 is 2.46 bits per heavy atom. The van der Waals surface area contributed by atoms with E-state index >= 15 is 0 Å². The number of carbonyl (C=O) groups is 2. The number of nitrogens with zero attached hydrogens (tertiary/aromatic N) is 1. The molecule has 0 saturated carbocycles. The topological polar surface area (TPSA) is 55.8 Å². The lowest BCUT2D eigenvalue weighted by Gasteiger charge is -2.33. The second-order valence-corrected chi connectivity index (χ2v) is 6.62. The number of anilines is 1. The molecule has 0 amide bonds. The van der Waals surface area contributed by atoms with Crippen molar-refractivity contribution in [2.24, 2.45) is 0 Å². The molecule has 1 aromatic rings. The largest absolute Gasteiger partial charge is 0.462 e. The molecule has 0 aliphatic carbocycles. The summed E-state index contributed by atoms with van der Waals surface area (Å²) >= 11 is 0. The van der Waals surface area contributed by atoms with Gasteiger partial charge >= 0.3 is 5.97 Å². The van der Waals surface area contributed by atoms with E-state index in [0.29, 0.717) is 6.42 Å². The number of hydrogen-bond donors (Lipinski definition) is 0. The molecule has 2 fully saturated rings. The highest BCUT2D eigenvalue weighted by molar-refractivity contribution is 5.94. The summed E-state index contributed by atoms with van der Waals surface area (Å²) in [7, 11) is 0. The maximum Gasteiger partial charge on any atom is 0.308 e. The summed E-state index contributed by atoms with van der Waals surface area (Å²) in [6, 6.07) is 7.71. The van der Waals surface area contributed by atoms with Gasteiger partial charge in [-0.15, -0.1) is 0 Å². The van der Waals surface area contributed by atoms with Gasteiger partial charge in [0.2, 0.25) is 0 Å². The molecule has 24 heavy (non-hydrogen) atoms. The third kappa shape index (κ3) is 4.35. The summed E-state index contributed by atoms with van der Waals surface area (Å²) in [5.41, 5.74) is 1.85. The van der Waals surface area contributed by atoms with Gasteiger partial charge in [0.05, 0.1) is 12.5 Å². The summed E-state index contributed by atoms with van der Waals surface area (Å²) in [6.07, 6.45) is 4.12. The van der Waals surface area contributed by atoms with Crippen molar-refractivity contribution in [1.29, 1.82) is 0 Å². The second kappa shape index (κ2) is 7.79. The Hall–Kier alpha value is -1.88. The Labute approximate surface area is 142 Å². The van der Waals surface area contributed by atoms with Gasteiger partial charge in [0.15, 0.2) is 5.78 Å². The van der Waals surface area contributed by atoms with Crippen molar-refractivity contribution in [3.05, 3.63) is 29.8 Å². The summed E-state index contributed by atoms with van der Waals surface area (Å²) in [6.45, 7) is 4.05. The molecule has 2 saturated heterocycles. The Balaban J connectivity index is 1.45. The predicted octanol–water partition coefficient (Wildman–Crippen LogP) is 2.97. The molecule has 3 rings (SSSR count). The maximum absolute atomic E-state index is 12.0. The Morgan fingerprint density at radius 2 is 1.88 bits per heavy atom. The minimum Gasteiger partial charge on any atom is -0.462 e. The Bertz CT molecular complexity index is 570. The molecule has 0 radical (unpaired) electrons. The fourth-order valence-electron chi connectivity index (χ4n) is 3.36. The average molecular weight is 331 g/mol. The van der Waals surface area contributed by atoms with Gasteiger partial charge in [0.25, 0.3) is 0 Å². The van der Waals surface area contributed by atoms with Crippen LogP contribution in [0, 0.1) is 0 Å². The van der Waals surface area contributed by atoms with Crippen LogP contribution in [0.3, 0.4) is 0 Å². The lowest BCUT2D eigenvalue weighted by atomic mass is 10.1. The van der Waals surface area contributed by atoms with Crippen LogP contribution < -0.4 is 4.90 Å². The summed E-state index contributed by atoms with van der Waals surface area (Å²) in [5, 5.41) is 0. The highest BCUT2D eigenvalue weighted by Gasteiger charge is 2.25. The molecule has 1 atom stereocenters. The molecule has 0 spiro atoms. The van der Waals surface area contributed by atoms with Crippen LogP contribution in [0.15, 0.2) is 24.3 Å². The number of carbonyl (C=O) groups excluding carboxylic acids is 2. The van der Waals surface area contributed by atoms with Crippen molar-refractivity contribution in [2.75, 3.05) is 24.6 Å². The first-order valence-electron chi connectivity index (χ1n) is 8.79. The number of Topliss-reactive ketones (excluding diaryl/α,β-unsaturated/α-hetero) is 1. The molecule has 0 unspecified atom stereocenters. The molecule has 0 N–H and O–H groups in total. The SMILES string of the molecule is CC(=O)c1ccc(N2CCC(OC(=O)C[C@@H]3CCCO3)CC2)cc1. The van der Waals surface area contributed by atoms with Crippen molar-refractivity contribution in [1.82, 2.24) is 0 Å². The Morgan fingerprint density at radius 1 is 1.17 bits per heavy atom. The van der Waals surface area contributed by atoms with Crippen LogP contribution in [0.25, 0.3) is 0 Å². The minimum atomic E-state index is -0.133. The van der Waals surface area contributed by atoms with E-state index in [9.17, 15) is 9.59 Å². The highest BCUT2D eigenvalue weighted by atomic mass is 16.5. The fourth-order valence-corrected chi connectivity index (χ4v) is 3.36. The molecule has 2 aliphatic heterocycles. The third-order valence-corrected chi connectivity index (χ3v) is 4.80. The first-order chi connectivity index (χ1) is 11.6. The van der Waals surface area contributed by atoms with Crippen molar-refractivity contribution >= 4 is 17.4 Å². The van der Waals surface area contributed by atoms with Gasteiger partial charge in [-0.05, 0) is 44.0 Å². The zero-order valence-electron chi connectivity index (χ0n) is 14.2. The average Bonchev–Trinajstić information content (AvgIpc) is 3.08. The molecule has 130 valence electrons. The molecular weight excluding hydrogens is 306 g/mol. The van der Waals surface area contributed by atoms with E-state index in [-0.39, 0.29) is 24.0 Å². The van der Waals surface area contributed by atoms with Crippen LogP contribution in [0.4, 0.5) is 5.69 Å². The standard InChI is InChI=1S/C19H25NO4/c1-14(21)15-4-6-16(7-5-15)20-10-8-17(9-11-20)24-19(22)13-18-3-2-12-23-18/h4-7,17-18H,2-3,8-13H2,1H3/t18-/m0/s1. The first-order valence-corrected chi connectivity index (χ1v) is 8.79. The molecule has 0 aromatic heterocycles. The van der Waals surface area contributed by atoms with Gasteiger partial charge in [0, 0.05) is 43.8 Å². The number of esters is 1. The van der Waals surface area contributed by atoms with E-state index < -0.39 is 0 Å². The summed E-state index contributed by atoms with van der Waals surface area (Å²) < 4.78 is 11.1. The zero-order valence-corrected chi connectivity index (χ0v) is 14.2. The van der Waals surface area contributed by atoms with E-state index in [4.69, 9.17) is 9.47 Å². The van der Waals surface area contributed by atoms with Gasteiger partial charge in [-0.25, -0.2) is 0 Å². The van der Waals surface area contributed by atoms with E-state index in [1.807, 2.05) is 24.3 Å². The molecule has 1 aromatic carbocycles. The monoisotopic (exact) mass is 331 g/mol. The van der Waals surface area contributed by atoms with Gasteiger partial charge in [-0.3, -0.25) is 9.59 Å². The number of ketones is 1. The number of benzene rings is 1. The van der Waals surface area contributed by atoms with E-state index in [2.05, 4.69) is 4.90 Å². The first kappa shape index (κ1) is 17.0. The smallest absolute Gasteiger partial charge is 0.308 e. The molecule has 5 nitrogen and oxygen atoms in total. The number of ether oxygens (including phenoxy) is 2. The minimum absolute atomic E-state index is 0.00615. The predicted molar refractivity (Wildman–Crippen MR) is 91.4 cm³/mol. The maximum atomic E-state index is 12.0. The van der Waals surface area contributed by atoms with Gasteiger partial charge in [-0.1, -0.05) is 0 Å². The number of piperidine rings is 1. The van der Waals surface area contributed by atoms with E-state index in [1.165, 1.54) is 0 Å². The van der Waals surface area contributed by atoms with Crippen LogP contribution in [0.1, 0.15) is 49.4 Å². The van der Waals surface area contributed by atoms with Crippen LogP contribution in [0.5, 0.6) is 0 Å². The second-order valence-electron chi connectivity index (χ2n) is 6.62. The van der Waals surface area contributed by atoms with Crippen LogP contribution in [-0.2, 0) is 14.3 Å². The molecule has 5 heteroatoms. The molecule has 2 heterocycles. The molecule has 0 bridgehead atoms. The van der Waals surface area contributed by atoms with E-state index in [0.717, 1.165) is 56.6 Å². The van der Waals surface area contributed by atoms with Crippen molar-refractivity contribution in [3.63, 3.8) is 0 Å². The fraction of sp³-hybridized carbons (Fsp3) is 0.579. The van der Waals surface area contributed by atoms with Gasteiger partial charge in [0.1, 0.15) is 6.10 Å². The van der Waals surface area contributed by atoms with Gasteiger partial charge in [-0.2, -0.15) is 0 Å². The van der Waals surface area contributed by atoms with Crippen molar-refractivity contribution < 1.29 is 19.1 Å². The van der Waals surface area contributed by atoms with E-state index in [1.54, 1.807) is 6.92 Å². The zero-order chi connectivity index (χ0) is 16.9. The van der Waals surface area contributed by atoms with Crippen molar-refractivity contribution in [3.8, 4) is 0 Å². The van der Waals surface area contributed by atoms with Crippen molar-refractivity contribution in [2.45, 2.75) is 51.2 Å². The molecular formula is C19H25NO4. The normalized spacial score (nSPS) is 21.7. The Kier molecular flexibility index (Phi) is 5.51. The molecule has 2 aliphatic rings. The third-order valence-electron chi connectivity index (χ3n) is 4.80. The highest BCUT2D eigenvalue weighted by Crippen LogP contribution is 2.23. The quantitative estimate of drug-likeness (QED) is 0.613. The number of hydrogen-bond acceptors (Lipinski definition) is 5. The van der Waals surface area contributed by atoms with Crippen LogP contribution in [-0.4, -0.2) is 43.7 Å².